The molecule has 2 heterocycles. The van der Waals surface area contributed by atoms with E-state index < -0.39 is 60.5 Å². The summed E-state index contributed by atoms with van der Waals surface area (Å²) in [5.41, 5.74) is 0.0178. The molecule has 1 saturated heterocycles. The standard InChI is InChI=1S/C21H22O10/c22-7-14-17(26)19(28)20(29)21(31-14)16-11(25)6-13-15(18(16)27)10(24)5-12(30-13)8-1-3-9(23)4-2-8/h1-4,6,12,14,17,19-23,25-29H,5,7H2/t12-,14-,17-,19+,20-,21-/m1/s1. The SMILES string of the molecule is O=C1C[C@H](c2ccc(O)cc2)Oc2cc(O)c([C@H]3O[C@H](CO)[C@@H](O)[C@H](O)[C@H]3O)c(O)c21. The van der Waals surface area contributed by atoms with Gasteiger partial charge in [-0.15, -0.1) is 0 Å². The van der Waals surface area contributed by atoms with E-state index in [2.05, 4.69) is 0 Å². The Morgan fingerprint density at radius 1 is 0.968 bits per heavy atom. The Kier molecular flexibility index (Phi) is 5.50. The molecule has 2 aromatic carbocycles. The molecule has 0 aromatic heterocycles. The van der Waals surface area contributed by atoms with Crippen molar-refractivity contribution in [2.24, 2.45) is 0 Å². The average molecular weight is 434 g/mol. The van der Waals surface area contributed by atoms with Crippen molar-refractivity contribution in [3.05, 3.63) is 47.0 Å². The number of Topliss-reactive ketones (excluding diaryl/α,β-unsaturated/α-hetero) is 1. The van der Waals surface area contributed by atoms with Gasteiger partial charge in [-0.2, -0.15) is 0 Å². The predicted molar refractivity (Wildman–Crippen MR) is 103 cm³/mol. The number of rotatable bonds is 3. The van der Waals surface area contributed by atoms with Gasteiger partial charge in [-0.3, -0.25) is 4.79 Å². The summed E-state index contributed by atoms with van der Waals surface area (Å²) in [6, 6.07) is 7.14. The highest BCUT2D eigenvalue weighted by molar-refractivity contribution is 6.03. The van der Waals surface area contributed by atoms with Crippen LogP contribution in [-0.4, -0.2) is 72.6 Å². The number of carbonyl (C=O) groups is 1. The van der Waals surface area contributed by atoms with Gasteiger partial charge in [-0.25, -0.2) is 0 Å². The maximum absolute atomic E-state index is 12.8. The number of ether oxygens (including phenoxy) is 2. The molecule has 0 unspecified atom stereocenters. The number of carbonyl (C=O) groups excluding carboxylic acids is 1. The van der Waals surface area contributed by atoms with Crippen molar-refractivity contribution in [1.82, 2.24) is 0 Å². The molecule has 0 aliphatic carbocycles. The summed E-state index contributed by atoms with van der Waals surface area (Å²) in [4.78, 5) is 12.8. The number of phenolic OH excluding ortho intramolecular Hbond substituents is 3. The molecule has 7 N–H and O–H groups in total. The molecule has 10 heteroatoms. The summed E-state index contributed by atoms with van der Waals surface area (Å²) < 4.78 is 11.2. The van der Waals surface area contributed by atoms with Gasteiger partial charge in [0, 0.05) is 6.07 Å². The van der Waals surface area contributed by atoms with Gasteiger partial charge in [0.1, 0.15) is 65.2 Å². The first-order chi connectivity index (χ1) is 14.7. The zero-order valence-corrected chi connectivity index (χ0v) is 16.1. The topological polar surface area (TPSA) is 177 Å². The number of hydrogen-bond donors (Lipinski definition) is 7. The molecule has 0 radical (unpaired) electrons. The third-order valence-corrected chi connectivity index (χ3v) is 5.64. The van der Waals surface area contributed by atoms with Crippen LogP contribution in [0, 0.1) is 0 Å². The third kappa shape index (κ3) is 3.58. The summed E-state index contributed by atoms with van der Waals surface area (Å²) in [5.74, 6) is -1.79. The Labute approximate surface area is 176 Å². The normalized spacial score (nSPS) is 30.5. The van der Waals surface area contributed by atoms with Crippen molar-refractivity contribution in [3.8, 4) is 23.0 Å². The first-order valence-corrected chi connectivity index (χ1v) is 9.61. The summed E-state index contributed by atoms with van der Waals surface area (Å²) >= 11 is 0. The number of benzene rings is 2. The van der Waals surface area contributed by atoms with Gasteiger partial charge in [0.25, 0.3) is 0 Å². The summed E-state index contributed by atoms with van der Waals surface area (Å²) in [6.45, 7) is -0.690. The molecule has 1 fully saturated rings. The van der Waals surface area contributed by atoms with Crippen LogP contribution in [0.25, 0.3) is 0 Å². The highest BCUT2D eigenvalue weighted by atomic mass is 16.5. The van der Waals surface area contributed by atoms with Crippen LogP contribution in [0.15, 0.2) is 30.3 Å². The van der Waals surface area contributed by atoms with Crippen LogP contribution < -0.4 is 4.74 Å². The zero-order chi connectivity index (χ0) is 22.4. The number of hydrogen-bond acceptors (Lipinski definition) is 10. The lowest BCUT2D eigenvalue weighted by molar-refractivity contribution is -0.232. The van der Waals surface area contributed by atoms with E-state index in [0.29, 0.717) is 5.56 Å². The Hall–Kier alpha value is -2.89. The molecule has 2 aliphatic heterocycles. The second-order valence-electron chi connectivity index (χ2n) is 7.61. The molecule has 0 spiro atoms. The fraction of sp³-hybridized carbons (Fsp3) is 0.381. The third-order valence-electron chi connectivity index (χ3n) is 5.64. The highest BCUT2D eigenvalue weighted by Gasteiger charge is 2.47. The minimum atomic E-state index is -1.75. The smallest absolute Gasteiger partial charge is 0.174 e. The molecular formula is C21H22O10. The van der Waals surface area contributed by atoms with E-state index in [1.807, 2.05) is 0 Å². The lowest BCUT2D eigenvalue weighted by Crippen LogP contribution is -2.55. The van der Waals surface area contributed by atoms with Crippen LogP contribution in [0.4, 0.5) is 0 Å². The van der Waals surface area contributed by atoms with Crippen LogP contribution in [0.5, 0.6) is 23.0 Å². The van der Waals surface area contributed by atoms with Crippen LogP contribution in [-0.2, 0) is 4.74 Å². The van der Waals surface area contributed by atoms with Gasteiger partial charge in [-0.05, 0) is 17.7 Å². The molecule has 2 aromatic rings. The molecule has 6 atom stereocenters. The Morgan fingerprint density at radius 3 is 2.29 bits per heavy atom. The molecule has 0 saturated carbocycles. The molecular weight excluding hydrogens is 412 g/mol. The number of aliphatic hydroxyl groups excluding tert-OH is 4. The lowest BCUT2D eigenvalue weighted by atomic mass is 9.87. The number of aliphatic hydroxyl groups is 4. The van der Waals surface area contributed by atoms with E-state index >= 15 is 0 Å². The summed E-state index contributed by atoms with van der Waals surface area (Å²) in [6.07, 6.45) is -8.72. The van der Waals surface area contributed by atoms with E-state index in [-0.39, 0.29) is 29.0 Å². The molecule has 2 aliphatic rings. The Balaban J connectivity index is 1.72. The van der Waals surface area contributed by atoms with Crippen LogP contribution in [0.3, 0.4) is 0 Å². The lowest BCUT2D eigenvalue weighted by Gasteiger charge is -2.40. The van der Waals surface area contributed by atoms with Gasteiger partial charge >= 0.3 is 0 Å². The predicted octanol–water partition coefficient (Wildman–Crippen LogP) is 0.0248. The average Bonchev–Trinajstić information content (AvgIpc) is 2.73. The van der Waals surface area contributed by atoms with Gasteiger partial charge in [0.05, 0.1) is 18.6 Å². The maximum atomic E-state index is 12.8. The molecule has 166 valence electrons. The van der Waals surface area contributed by atoms with Gasteiger partial charge < -0.3 is 45.2 Å². The largest absolute Gasteiger partial charge is 0.508 e. The number of fused-ring (bicyclic) bond motifs is 1. The second-order valence-corrected chi connectivity index (χ2v) is 7.61. The second kappa shape index (κ2) is 7.98. The first-order valence-electron chi connectivity index (χ1n) is 9.61. The number of aromatic hydroxyl groups is 3. The van der Waals surface area contributed by atoms with Crippen LogP contribution >= 0.6 is 0 Å². The van der Waals surface area contributed by atoms with Crippen molar-refractivity contribution >= 4 is 5.78 Å². The molecule has 0 amide bonds. The quantitative estimate of drug-likeness (QED) is 0.348. The van der Waals surface area contributed by atoms with Crippen LogP contribution in [0.1, 0.15) is 40.1 Å². The minimum Gasteiger partial charge on any atom is -0.508 e. The van der Waals surface area contributed by atoms with Crippen molar-refractivity contribution in [2.45, 2.75) is 43.0 Å². The van der Waals surface area contributed by atoms with Crippen molar-refractivity contribution in [1.29, 1.82) is 0 Å². The summed E-state index contributed by atoms with van der Waals surface area (Å²) in [7, 11) is 0. The van der Waals surface area contributed by atoms with Gasteiger partial charge in [-0.1, -0.05) is 12.1 Å². The number of phenols is 3. The number of ketones is 1. The first kappa shape index (κ1) is 21.3. The van der Waals surface area contributed by atoms with Gasteiger partial charge in [0.2, 0.25) is 0 Å². The molecule has 0 bridgehead atoms. The minimum absolute atomic E-state index is 0.0470. The Morgan fingerprint density at radius 2 is 1.65 bits per heavy atom. The fourth-order valence-electron chi connectivity index (χ4n) is 3.97. The van der Waals surface area contributed by atoms with Crippen molar-refractivity contribution < 1.29 is 50.0 Å². The molecule has 10 nitrogen and oxygen atoms in total. The zero-order valence-electron chi connectivity index (χ0n) is 16.1. The van der Waals surface area contributed by atoms with Crippen LogP contribution in [0.2, 0.25) is 0 Å². The molecule has 4 rings (SSSR count). The van der Waals surface area contributed by atoms with Crippen molar-refractivity contribution in [3.63, 3.8) is 0 Å². The highest BCUT2D eigenvalue weighted by Crippen LogP contribution is 2.49. The fourth-order valence-corrected chi connectivity index (χ4v) is 3.97. The van der Waals surface area contributed by atoms with Crippen molar-refractivity contribution in [2.75, 3.05) is 6.61 Å². The Bertz CT molecular complexity index is 987. The van der Waals surface area contributed by atoms with E-state index in [0.717, 1.165) is 6.07 Å². The monoisotopic (exact) mass is 434 g/mol. The van der Waals surface area contributed by atoms with E-state index in [9.17, 15) is 40.5 Å². The van der Waals surface area contributed by atoms with E-state index in [4.69, 9.17) is 9.47 Å². The van der Waals surface area contributed by atoms with Gasteiger partial charge in [0.15, 0.2) is 5.78 Å². The van der Waals surface area contributed by atoms with E-state index in [1.165, 1.54) is 12.1 Å². The van der Waals surface area contributed by atoms with E-state index in [1.54, 1.807) is 12.1 Å². The maximum Gasteiger partial charge on any atom is 0.174 e. The summed E-state index contributed by atoms with van der Waals surface area (Å²) in [5, 5.41) is 70.4. The molecule has 31 heavy (non-hydrogen) atoms.